The maximum absolute atomic E-state index is 13.2. The number of aromatic nitrogens is 2. The zero-order valence-corrected chi connectivity index (χ0v) is 18.2. The minimum Gasteiger partial charge on any atom is -0.368 e. The first kappa shape index (κ1) is 19.2. The summed E-state index contributed by atoms with van der Waals surface area (Å²) >= 11 is 7.51. The summed E-state index contributed by atoms with van der Waals surface area (Å²) in [5.41, 5.74) is 3.09. The number of nitrogens with zero attached hydrogens (tertiary/aromatic N) is 4. The number of carbonyl (C=O) groups is 1. The number of fused-ring (bicyclic) bond motifs is 1. The van der Waals surface area contributed by atoms with E-state index in [4.69, 9.17) is 11.6 Å². The Balaban J connectivity index is 1.35. The molecule has 4 aromatic rings. The molecular weight excluding hydrogens is 416 g/mol. The van der Waals surface area contributed by atoms with Crippen LogP contribution < -0.4 is 4.90 Å². The highest BCUT2D eigenvalue weighted by Gasteiger charge is 2.25. The van der Waals surface area contributed by atoms with Gasteiger partial charge in [-0.2, -0.15) is 5.10 Å². The van der Waals surface area contributed by atoms with Crippen molar-refractivity contribution in [3.05, 3.63) is 76.3 Å². The topological polar surface area (TPSA) is 41.4 Å². The van der Waals surface area contributed by atoms with E-state index in [1.807, 2.05) is 77.2 Å². The summed E-state index contributed by atoms with van der Waals surface area (Å²) in [6.45, 7) is 5.04. The third-order valence-corrected chi connectivity index (χ3v) is 6.87. The predicted octanol–water partition coefficient (Wildman–Crippen LogP) is 5.01. The molecule has 5 nitrogen and oxygen atoms in total. The highest BCUT2D eigenvalue weighted by molar-refractivity contribution is 7.20. The maximum Gasteiger partial charge on any atom is 0.264 e. The largest absolute Gasteiger partial charge is 0.368 e. The van der Waals surface area contributed by atoms with Gasteiger partial charge in [-0.15, -0.1) is 11.3 Å². The van der Waals surface area contributed by atoms with Crippen LogP contribution in [0.25, 0.3) is 15.9 Å². The lowest BCUT2D eigenvalue weighted by Gasteiger charge is -2.36. The second kappa shape index (κ2) is 7.78. The average molecular weight is 437 g/mol. The third kappa shape index (κ3) is 3.46. The quantitative estimate of drug-likeness (QED) is 0.453. The molecule has 0 saturated carbocycles. The van der Waals surface area contributed by atoms with Crippen LogP contribution in [0.3, 0.4) is 0 Å². The molecule has 7 heteroatoms. The van der Waals surface area contributed by atoms with Gasteiger partial charge in [-0.1, -0.05) is 29.8 Å². The minimum atomic E-state index is 0.103. The van der Waals surface area contributed by atoms with Gasteiger partial charge in [0.25, 0.3) is 5.91 Å². The van der Waals surface area contributed by atoms with E-state index < -0.39 is 0 Å². The fraction of sp³-hybridized carbons (Fsp3) is 0.217. The highest BCUT2D eigenvalue weighted by Crippen LogP contribution is 2.31. The fourth-order valence-corrected chi connectivity index (χ4v) is 5.15. The van der Waals surface area contributed by atoms with Crippen LogP contribution in [0.1, 0.15) is 15.4 Å². The lowest BCUT2D eigenvalue weighted by Crippen LogP contribution is -2.48. The summed E-state index contributed by atoms with van der Waals surface area (Å²) in [7, 11) is 0. The van der Waals surface area contributed by atoms with Crippen molar-refractivity contribution in [2.75, 3.05) is 31.1 Å². The van der Waals surface area contributed by atoms with Crippen LogP contribution in [-0.2, 0) is 0 Å². The number of amides is 1. The van der Waals surface area contributed by atoms with E-state index >= 15 is 0 Å². The summed E-state index contributed by atoms with van der Waals surface area (Å²) in [5, 5.41) is 6.45. The molecule has 0 atom stereocenters. The number of piperazine rings is 1. The molecule has 0 radical (unpaired) electrons. The zero-order valence-electron chi connectivity index (χ0n) is 16.6. The first-order chi connectivity index (χ1) is 14.6. The average Bonchev–Trinajstić information content (AvgIpc) is 3.35. The molecular formula is C23H21ClN4OS. The van der Waals surface area contributed by atoms with Crippen molar-refractivity contribution in [2.45, 2.75) is 6.92 Å². The van der Waals surface area contributed by atoms with Crippen LogP contribution in [0.4, 0.5) is 5.69 Å². The van der Waals surface area contributed by atoms with Gasteiger partial charge in [0.15, 0.2) is 0 Å². The molecule has 3 heterocycles. The summed E-state index contributed by atoms with van der Waals surface area (Å²) in [5.74, 6) is 0.103. The fourth-order valence-electron chi connectivity index (χ4n) is 3.87. The molecule has 2 aromatic carbocycles. The van der Waals surface area contributed by atoms with E-state index in [1.165, 1.54) is 11.3 Å². The van der Waals surface area contributed by atoms with Crippen molar-refractivity contribution in [2.24, 2.45) is 0 Å². The number of anilines is 1. The summed E-state index contributed by atoms with van der Waals surface area (Å²) < 4.78 is 1.94. The molecule has 0 spiro atoms. The predicted molar refractivity (Wildman–Crippen MR) is 123 cm³/mol. The van der Waals surface area contributed by atoms with Gasteiger partial charge in [0.1, 0.15) is 4.83 Å². The van der Waals surface area contributed by atoms with Gasteiger partial charge in [0.05, 0.1) is 16.3 Å². The van der Waals surface area contributed by atoms with Crippen molar-refractivity contribution in [3.63, 3.8) is 0 Å². The van der Waals surface area contributed by atoms with Crippen LogP contribution in [-0.4, -0.2) is 46.8 Å². The van der Waals surface area contributed by atoms with Crippen LogP contribution >= 0.6 is 22.9 Å². The molecule has 0 bridgehead atoms. The Kier molecular flexibility index (Phi) is 4.97. The smallest absolute Gasteiger partial charge is 0.264 e. The Morgan fingerprint density at radius 3 is 2.37 bits per heavy atom. The Labute approximate surface area is 184 Å². The second-order valence-electron chi connectivity index (χ2n) is 7.42. The maximum atomic E-state index is 13.2. The SMILES string of the molecule is Cc1nn(-c2ccccc2)c2sc(C(=O)N3CCN(c4ccc(Cl)cc4)CC3)cc12. The first-order valence-corrected chi connectivity index (χ1v) is 11.1. The van der Waals surface area contributed by atoms with Gasteiger partial charge in [-0.25, -0.2) is 4.68 Å². The van der Waals surface area contributed by atoms with Crippen molar-refractivity contribution in [3.8, 4) is 5.69 Å². The molecule has 1 fully saturated rings. The van der Waals surface area contributed by atoms with Gasteiger partial charge in [0, 0.05) is 42.3 Å². The van der Waals surface area contributed by atoms with Gasteiger partial charge < -0.3 is 9.80 Å². The summed E-state index contributed by atoms with van der Waals surface area (Å²) in [6.07, 6.45) is 0. The molecule has 30 heavy (non-hydrogen) atoms. The molecule has 1 aliphatic rings. The van der Waals surface area contributed by atoms with Crippen molar-refractivity contribution in [1.29, 1.82) is 0 Å². The van der Waals surface area contributed by atoms with Crippen molar-refractivity contribution in [1.82, 2.24) is 14.7 Å². The van der Waals surface area contributed by atoms with Gasteiger partial charge >= 0.3 is 0 Å². The molecule has 2 aromatic heterocycles. The van der Waals surface area contributed by atoms with Gasteiger partial charge in [-0.05, 0) is 49.4 Å². The monoisotopic (exact) mass is 436 g/mol. The number of hydrogen-bond acceptors (Lipinski definition) is 4. The van der Waals surface area contributed by atoms with E-state index in [-0.39, 0.29) is 5.91 Å². The molecule has 1 saturated heterocycles. The van der Waals surface area contributed by atoms with E-state index in [1.54, 1.807) is 0 Å². The van der Waals surface area contributed by atoms with E-state index in [0.717, 1.165) is 50.3 Å². The zero-order chi connectivity index (χ0) is 20.7. The number of halogens is 1. The van der Waals surface area contributed by atoms with Crippen molar-refractivity contribution < 1.29 is 4.79 Å². The van der Waals surface area contributed by atoms with Crippen LogP contribution in [0.15, 0.2) is 60.7 Å². The molecule has 1 aliphatic heterocycles. The van der Waals surface area contributed by atoms with Gasteiger partial charge in [-0.3, -0.25) is 4.79 Å². The lowest BCUT2D eigenvalue weighted by molar-refractivity contribution is 0.0751. The van der Waals surface area contributed by atoms with Crippen LogP contribution in [0, 0.1) is 6.92 Å². The first-order valence-electron chi connectivity index (χ1n) is 9.94. The minimum absolute atomic E-state index is 0.103. The molecule has 0 aliphatic carbocycles. The van der Waals surface area contributed by atoms with E-state index in [0.29, 0.717) is 13.1 Å². The molecule has 0 unspecified atom stereocenters. The Morgan fingerprint density at radius 1 is 0.967 bits per heavy atom. The second-order valence-corrected chi connectivity index (χ2v) is 8.88. The van der Waals surface area contributed by atoms with Crippen LogP contribution in [0.5, 0.6) is 0 Å². The lowest BCUT2D eigenvalue weighted by atomic mass is 10.2. The Hall–Kier alpha value is -2.83. The number of aryl methyl sites for hydroxylation is 1. The van der Waals surface area contributed by atoms with Crippen LogP contribution in [0.2, 0.25) is 5.02 Å². The van der Waals surface area contributed by atoms with E-state index in [2.05, 4.69) is 10.00 Å². The Bertz CT molecular complexity index is 1190. The third-order valence-electron chi connectivity index (χ3n) is 5.51. The molecule has 1 amide bonds. The highest BCUT2D eigenvalue weighted by atomic mass is 35.5. The standard InChI is InChI=1S/C23H21ClN4OS/c1-16-20-15-21(30-23(20)28(25-16)19-5-3-2-4-6-19)22(29)27-13-11-26(12-14-27)18-9-7-17(24)8-10-18/h2-10,15H,11-14H2,1H3. The summed E-state index contributed by atoms with van der Waals surface area (Å²) in [4.78, 5) is 19.2. The molecule has 152 valence electrons. The normalized spacial score (nSPS) is 14.5. The number of benzene rings is 2. The number of hydrogen-bond donors (Lipinski definition) is 0. The number of carbonyl (C=O) groups excluding carboxylic acids is 1. The number of para-hydroxylation sites is 1. The Morgan fingerprint density at radius 2 is 1.67 bits per heavy atom. The van der Waals surface area contributed by atoms with E-state index in [9.17, 15) is 4.79 Å². The van der Waals surface area contributed by atoms with Crippen molar-refractivity contribution >= 4 is 44.7 Å². The molecule has 5 rings (SSSR count). The van der Waals surface area contributed by atoms with Gasteiger partial charge in [0.2, 0.25) is 0 Å². The summed E-state index contributed by atoms with van der Waals surface area (Å²) in [6, 6.07) is 19.9. The number of rotatable bonds is 3. The molecule has 0 N–H and O–H groups in total. The number of thiophene rings is 1.